The van der Waals surface area contributed by atoms with Crippen LogP contribution in [-0.4, -0.2) is 4.57 Å². The molecule has 0 saturated carbocycles. The lowest BCUT2D eigenvalue weighted by Crippen LogP contribution is -2.11. The van der Waals surface area contributed by atoms with Crippen LogP contribution in [0.15, 0.2) is 200 Å². The van der Waals surface area contributed by atoms with Crippen molar-refractivity contribution in [3.8, 4) is 39.1 Å². The van der Waals surface area contributed by atoms with E-state index in [1.54, 1.807) is 0 Å². The molecule has 0 fully saturated rings. The second-order valence-electron chi connectivity index (χ2n) is 13.1. The third-order valence-corrected chi connectivity index (χ3v) is 9.85. The maximum atomic E-state index is 2.45. The Morgan fingerprint density at radius 2 is 0.961 bits per heavy atom. The van der Waals surface area contributed by atoms with E-state index in [-0.39, 0.29) is 0 Å². The molecule has 0 N–H and O–H groups in total. The summed E-state index contributed by atoms with van der Waals surface area (Å²) in [6.45, 7) is 2.16. The molecule has 0 aliphatic carbocycles. The van der Waals surface area contributed by atoms with Gasteiger partial charge in [0.15, 0.2) is 0 Å². The molecule has 0 saturated heterocycles. The Balaban J connectivity index is 1.29. The number of nitrogens with zero attached hydrogens (tertiary/aromatic N) is 2. The predicted molar refractivity (Wildman–Crippen MR) is 217 cm³/mol. The van der Waals surface area contributed by atoms with Gasteiger partial charge in [-0.2, -0.15) is 0 Å². The smallest absolute Gasteiger partial charge is 0.0562 e. The Labute approximate surface area is 299 Å². The van der Waals surface area contributed by atoms with E-state index >= 15 is 0 Å². The minimum absolute atomic E-state index is 1.09. The highest BCUT2D eigenvalue weighted by atomic mass is 15.1. The molecule has 0 aliphatic heterocycles. The number of anilines is 3. The molecule has 0 aliphatic rings. The standard InChI is InChI=1S/C49H36N2/c1-35-15-14-20-39(33-35)43-22-9-12-25-47(43)51-48-26-13-10-23-44(48)45-32-31-41(34-49(45)51)50(40-29-27-37(28-30-40)36-16-4-2-5-17-36)46-24-11-8-21-42(46)38-18-6-3-7-19-38/h2-34H,1H3. The number of rotatable bonds is 7. The van der Waals surface area contributed by atoms with Crippen LogP contribution in [0.4, 0.5) is 17.1 Å². The molecule has 242 valence electrons. The van der Waals surface area contributed by atoms with Crippen molar-refractivity contribution in [2.75, 3.05) is 4.90 Å². The predicted octanol–water partition coefficient (Wildman–Crippen LogP) is 13.6. The molecule has 9 rings (SSSR count). The van der Waals surface area contributed by atoms with Crippen molar-refractivity contribution in [2.24, 2.45) is 0 Å². The van der Waals surface area contributed by atoms with E-state index in [1.807, 2.05) is 0 Å². The summed E-state index contributed by atoms with van der Waals surface area (Å²) in [5.74, 6) is 0. The molecule has 0 amide bonds. The highest BCUT2D eigenvalue weighted by molar-refractivity contribution is 6.11. The van der Waals surface area contributed by atoms with Crippen LogP contribution in [0.25, 0.3) is 60.9 Å². The fourth-order valence-electron chi connectivity index (χ4n) is 7.47. The van der Waals surface area contributed by atoms with Crippen LogP contribution in [0.3, 0.4) is 0 Å². The number of benzene rings is 8. The van der Waals surface area contributed by atoms with Crippen molar-refractivity contribution in [2.45, 2.75) is 6.92 Å². The van der Waals surface area contributed by atoms with Gasteiger partial charge >= 0.3 is 0 Å². The summed E-state index contributed by atoms with van der Waals surface area (Å²) in [6.07, 6.45) is 0. The van der Waals surface area contributed by atoms with Gasteiger partial charge in [0.2, 0.25) is 0 Å². The zero-order valence-electron chi connectivity index (χ0n) is 28.4. The van der Waals surface area contributed by atoms with Crippen molar-refractivity contribution in [1.29, 1.82) is 0 Å². The molecule has 2 nitrogen and oxygen atoms in total. The van der Waals surface area contributed by atoms with Crippen LogP contribution in [0, 0.1) is 6.92 Å². The van der Waals surface area contributed by atoms with E-state index in [0.29, 0.717) is 0 Å². The Morgan fingerprint density at radius 3 is 1.75 bits per heavy atom. The topological polar surface area (TPSA) is 8.17 Å². The van der Waals surface area contributed by atoms with Crippen LogP contribution in [0.2, 0.25) is 0 Å². The van der Waals surface area contributed by atoms with Crippen molar-refractivity contribution in [3.63, 3.8) is 0 Å². The molecule has 0 radical (unpaired) electrons. The summed E-state index contributed by atoms with van der Waals surface area (Å²) in [6, 6.07) is 72.3. The normalized spacial score (nSPS) is 11.2. The molecular weight excluding hydrogens is 617 g/mol. The Kier molecular flexibility index (Phi) is 7.75. The lowest BCUT2D eigenvalue weighted by atomic mass is 10.0. The quantitative estimate of drug-likeness (QED) is 0.166. The molecule has 51 heavy (non-hydrogen) atoms. The Morgan fingerprint density at radius 1 is 0.373 bits per heavy atom. The number of para-hydroxylation sites is 3. The second kappa shape index (κ2) is 13.0. The summed E-state index contributed by atoms with van der Waals surface area (Å²) in [4.78, 5) is 2.41. The van der Waals surface area contributed by atoms with Crippen LogP contribution in [0.1, 0.15) is 5.56 Å². The van der Waals surface area contributed by atoms with Gasteiger partial charge in [0.25, 0.3) is 0 Å². The summed E-state index contributed by atoms with van der Waals surface area (Å²) in [5, 5.41) is 2.46. The first-order chi connectivity index (χ1) is 25.2. The van der Waals surface area contributed by atoms with Gasteiger partial charge in [-0.1, -0.05) is 163 Å². The minimum Gasteiger partial charge on any atom is -0.310 e. The minimum atomic E-state index is 1.09. The molecule has 1 aromatic heterocycles. The SMILES string of the molecule is Cc1cccc(-c2ccccc2-n2c3ccccc3c3ccc(N(c4ccc(-c5ccccc5)cc4)c4ccccc4-c4ccccc4)cc32)c1. The summed E-state index contributed by atoms with van der Waals surface area (Å²) < 4.78 is 2.45. The van der Waals surface area contributed by atoms with E-state index in [9.17, 15) is 0 Å². The molecule has 8 aromatic carbocycles. The first-order valence-corrected chi connectivity index (χ1v) is 17.5. The van der Waals surface area contributed by atoms with Crippen molar-refractivity contribution < 1.29 is 0 Å². The van der Waals surface area contributed by atoms with Crippen LogP contribution in [-0.2, 0) is 0 Å². The fraction of sp³-hybridized carbons (Fsp3) is 0.0204. The highest BCUT2D eigenvalue weighted by Gasteiger charge is 2.21. The van der Waals surface area contributed by atoms with E-state index < -0.39 is 0 Å². The lowest BCUT2D eigenvalue weighted by Gasteiger charge is -2.28. The lowest BCUT2D eigenvalue weighted by molar-refractivity contribution is 1.18. The Hall–Kier alpha value is -6.64. The van der Waals surface area contributed by atoms with Crippen LogP contribution < -0.4 is 4.90 Å². The number of hydrogen-bond acceptors (Lipinski definition) is 1. The largest absolute Gasteiger partial charge is 0.310 e. The molecule has 9 aromatic rings. The zero-order chi connectivity index (χ0) is 34.1. The van der Waals surface area contributed by atoms with Gasteiger partial charge in [0.1, 0.15) is 0 Å². The Bertz CT molecular complexity index is 2630. The van der Waals surface area contributed by atoms with Crippen LogP contribution in [0.5, 0.6) is 0 Å². The van der Waals surface area contributed by atoms with Gasteiger partial charge in [-0.05, 0) is 71.6 Å². The molecule has 2 heteroatoms. The fourth-order valence-corrected chi connectivity index (χ4v) is 7.47. The van der Waals surface area contributed by atoms with E-state index in [0.717, 1.165) is 28.3 Å². The third kappa shape index (κ3) is 5.57. The van der Waals surface area contributed by atoms with Gasteiger partial charge in [0, 0.05) is 33.3 Å². The maximum Gasteiger partial charge on any atom is 0.0562 e. The van der Waals surface area contributed by atoms with Crippen molar-refractivity contribution >= 4 is 38.9 Å². The molecule has 0 atom stereocenters. The van der Waals surface area contributed by atoms with Gasteiger partial charge in [-0.3, -0.25) is 0 Å². The molecule has 0 unspecified atom stereocenters. The third-order valence-electron chi connectivity index (χ3n) is 9.85. The first-order valence-electron chi connectivity index (χ1n) is 17.5. The van der Waals surface area contributed by atoms with Crippen molar-refractivity contribution in [1.82, 2.24) is 4.57 Å². The number of fused-ring (bicyclic) bond motifs is 3. The summed E-state index contributed by atoms with van der Waals surface area (Å²) in [5.41, 5.74) is 15.3. The average molecular weight is 653 g/mol. The number of aryl methyl sites for hydroxylation is 1. The molecule has 0 bridgehead atoms. The maximum absolute atomic E-state index is 2.45. The van der Waals surface area contributed by atoms with Gasteiger partial charge in [0.05, 0.1) is 22.4 Å². The van der Waals surface area contributed by atoms with Crippen molar-refractivity contribution in [3.05, 3.63) is 206 Å². The first kappa shape index (κ1) is 30.4. The monoisotopic (exact) mass is 652 g/mol. The van der Waals surface area contributed by atoms with Crippen LogP contribution >= 0.6 is 0 Å². The van der Waals surface area contributed by atoms with E-state index in [1.165, 1.54) is 55.2 Å². The number of aromatic nitrogens is 1. The average Bonchev–Trinajstić information content (AvgIpc) is 3.53. The highest BCUT2D eigenvalue weighted by Crippen LogP contribution is 2.44. The van der Waals surface area contributed by atoms with Gasteiger partial charge in [-0.25, -0.2) is 0 Å². The summed E-state index contributed by atoms with van der Waals surface area (Å²) >= 11 is 0. The second-order valence-corrected chi connectivity index (χ2v) is 13.1. The van der Waals surface area contributed by atoms with Gasteiger partial charge in [-0.15, -0.1) is 0 Å². The molecule has 1 heterocycles. The van der Waals surface area contributed by atoms with E-state index in [4.69, 9.17) is 0 Å². The number of hydrogen-bond donors (Lipinski definition) is 0. The van der Waals surface area contributed by atoms with Gasteiger partial charge < -0.3 is 9.47 Å². The molecular formula is C49H36N2. The summed E-state index contributed by atoms with van der Waals surface area (Å²) in [7, 11) is 0. The van der Waals surface area contributed by atoms with E-state index in [2.05, 4.69) is 217 Å². The zero-order valence-corrected chi connectivity index (χ0v) is 28.4. The molecule has 0 spiro atoms.